The molecule has 128 valence electrons. The molecule has 0 saturated heterocycles. The first-order valence-corrected chi connectivity index (χ1v) is 12.4. The first-order chi connectivity index (χ1) is 9.24. The fraction of sp³-hybridized carbons (Fsp3) is 1.00. The van der Waals surface area contributed by atoms with Crippen molar-refractivity contribution in [1.29, 1.82) is 0 Å². The van der Waals surface area contributed by atoms with E-state index in [-0.39, 0.29) is 0 Å². The van der Waals surface area contributed by atoms with E-state index in [9.17, 15) is 0 Å². The molecule has 0 N–H and O–H groups in total. The van der Waals surface area contributed by atoms with Gasteiger partial charge in [0.1, 0.15) is 0 Å². The van der Waals surface area contributed by atoms with E-state index < -0.39 is 16.6 Å². The molecule has 0 unspecified atom stereocenters. The SMILES string of the molecule is CC[C](C)(C)[Ti]([C](C)(C)CC)([C](C)(C)CC)[C](C)(C)CC. The van der Waals surface area contributed by atoms with E-state index in [0.29, 0.717) is 14.9 Å². The van der Waals surface area contributed by atoms with Gasteiger partial charge in [0.25, 0.3) is 0 Å². The van der Waals surface area contributed by atoms with E-state index in [4.69, 9.17) is 0 Å². The van der Waals surface area contributed by atoms with Crippen molar-refractivity contribution in [2.45, 2.75) is 124 Å². The standard InChI is InChI=1S/4C5H11.Ti/c4*1-4-5(2)3;/h4*4H2,1-3H3;. The first-order valence-electron chi connectivity index (χ1n) is 9.24. The molecule has 0 heterocycles. The molecular formula is C20H44Ti. The third-order valence-corrected chi connectivity index (χ3v) is 22.5. The molecule has 0 aromatic carbocycles. The van der Waals surface area contributed by atoms with Crippen LogP contribution in [0.1, 0.15) is 109 Å². The van der Waals surface area contributed by atoms with Crippen molar-refractivity contribution in [2.24, 2.45) is 0 Å². The molecular weight excluding hydrogens is 288 g/mol. The average Bonchev–Trinajstić information content (AvgIpc) is 2.37. The van der Waals surface area contributed by atoms with E-state index in [0.717, 1.165) is 0 Å². The summed E-state index contributed by atoms with van der Waals surface area (Å²) in [4.78, 5) is 0. The second-order valence-corrected chi connectivity index (χ2v) is 20.5. The van der Waals surface area contributed by atoms with E-state index in [1.807, 2.05) is 0 Å². The van der Waals surface area contributed by atoms with Crippen LogP contribution in [0.4, 0.5) is 0 Å². The maximum atomic E-state index is 2.61. The maximum absolute atomic E-state index is 2.61. The van der Waals surface area contributed by atoms with Crippen LogP contribution in [0.15, 0.2) is 0 Å². The zero-order chi connectivity index (χ0) is 17.3. The van der Waals surface area contributed by atoms with Crippen LogP contribution in [0.5, 0.6) is 0 Å². The second-order valence-electron chi connectivity index (χ2n) is 9.70. The minimum atomic E-state index is -2.40. The van der Waals surface area contributed by atoms with Crippen LogP contribution in [0.25, 0.3) is 0 Å². The van der Waals surface area contributed by atoms with Crippen molar-refractivity contribution in [3.8, 4) is 0 Å². The minimum absolute atomic E-state index is 0.499. The van der Waals surface area contributed by atoms with Gasteiger partial charge >= 0.3 is 140 Å². The topological polar surface area (TPSA) is 0 Å². The van der Waals surface area contributed by atoms with Crippen molar-refractivity contribution in [2.75, 3.05) is 0 Å². The number of rotatable bonds is 8. The van der Waals surface area contributed by atoms with Crippen molar-refractivity contribution in [1.82, 2.24) is 0 Å². The van der Waals surface area contributed by atoms with Gasteiger partial charge in [-0.2, -0.15) is 0 Å². The summed E-state index contributed by atoms with van der Waals surface area (Å²) < 4.78 is 1.99. The summed E-state index contributed by atoms with van der Waals surface area (Å²) in [5.74, 6) is 0. The van der Waals surface area contributed by atoms with Crippen molar-refractivity contribution < 1.29 is 16.6 Å². The third kappa shape index (κ3) is 3.06. The monoisotopic (exact) mass is 332 g/mol. The first kappa shape index (κ1) is 21.7. The Kier molecular flexibility index (Phi) is 6.91. The predicted octanol–water partition coefficient (Wildman–Crippen LogP) is 8.57. The van der Waals surface area contributed by atoms with Gasteiger partial charge in [-0.25, -0.2) is 0 Å². The van der Waals surface area contributed by atoms with Gasteiger partial charge in [-0.1, -0.05) is 0 Å². The summed E-state index contributed by atoms with van der Waals surface area (Å²) in [6, 6.07) is 0. The van der Waals surface area contributed by atoms with Crippen LogP contribution in [0.2, 0.25) is 14.9 Å². The molecule has 0 saturated carbocycles. The quantitative estimate of drug-likeness (QED) is 0.390. The van der Waals surface area contributed by atoms with Gasteiger partial charge in [0, 0.05) is 0 Å². The Bertz CT molecular complexity index is 264. The molecule has 0 aromatic rings. The Hall–Kier alpha value is 0.714. The van der Waals surface area contributed by atoms with Crippen LogP contribution >= 0.6 is 0 Å². The molecule has 0 rings (SSSR count). The van der Waals surface area contributed by atoms with Crippen LogP contribution in [-0.2, 0) is 16.6 Å². The van der Waals surface area contributed by atoms with Gasteiger partial charge in [0.2, 0.25) is 0 Å². The van der Waals surface area contributed by atoms with Gasteiger partial charge in [0.05, 0.1) is 0 Å². The van der Waals surface area contributed by atoms with E-state index >= 15 is 0 Å². The summed E-state index contributed by atoms with van der Waals surface area (Å²) in [6.07, 6.45) is 5.29. The molecule has 0 aliphatic heterocycles. The zero-order valence-electron chi connectivity index (χ0n) is 17.3. The van der Waals surface area contributed by atoms with Crippen molar-refractivity contribution in [3.63, 3.8) is 0 Å². The average molecular weight is 332 g/mol. The van der Waals surface area contributed by atoms with Gasteiger partial charge < -0.3 is 0 Å². The van der Waals surface area contributed by atoms with Crippen LogP contribution in [0, 0.1) is 0 Å². The molecule has 21 heavy (non-hydrogen) atoms. The Morgan fingerprint density at radius 1 is 0.429 bits per heavy atom. The molecule has 1 heteroatoms. The third-order valence-electron chi connectivity index (χ3n) is 7.60. The molecule has 0 aliphatic rings. The molecule has 0 radical (unpaired) electrons. The van der Waals surface area contributed by atoms with Gasteiger partial charge in [-0.15, -0.1) is 0 Å². The van der Waals surface area contributed by atoms with E-state index in [1.54, 1.807) is 0 Å². The summed E-state index contributed by atoms with van der Waals surface area (Å²) >= 11 is -2.40. The summed E-state index contributed by atoms with van der Waals surface area (Å²) in [5, 5.41) is 0. The zero-order valence-corrected chi connectivity index (χ0v) is 18.9. The number of hydrogen-bond donors (Lipinski definition) is 0. The van der Waals surface area contributed by atoms with Gasteiger partial charge in [-0.05, 0) is 0 Å². The Morgan fingerprint density at radius 3 is 0.667 bits per heavy atom. The van der Waals surface area contributed by atoms with Crippen LogP contribution < -0.4 is 0 Å². The predicted molar refractivity (Wildman–Crippen MR) is 97.3 cm³/mol. The van der Waals surface area contributed by atoms with Crippen LogP contribution in [0.3, 0.4) is 0 Å². The fourth-order valence-corrected chi connectivity index (χ4v) is 27.0. The summed E-state index contributed by atoms with van der Waals surface area (Å²) in [7, 11) is 0. The molecule has 0 amide bonds. The van der Waals surface area contributed by atoms with Crippen LogP contribution in [-0.4, -0.2) is 0 Å². The fourth-order valence-electron chi connectivity index (χ4n) is 6.56. The molecule has 0 aromatic heterocycles. The molecule has 0 fully saturated rings. The van der Waals surface area contributed by atoms with Crippen molar-refractivity contribution >= 4 is 0 Å². The molecule has 0 atom stereocenters. The molecule has 0 aliphatic carbocycles. The molecule has 0 spiro atoms. The number of hydrogen-bond acceptors (Lipinski definition) is 0. The van der Waals surface area contributed by atoms with Crippen molar-refractivity contribution in [3.05, 3.63) is 0 Å². The molecule has 0 nitrogen and oxygen atoms in total. The van der Waals surface area contributed by atoms with Gasteiger partial charge in [0.15, 0.2) is 0 Å². The Balaban J connectivity index is 6.85. The Labute approximate surface area is 140 Å². The van der Waals surface area contributed by atoms with E-state index in [2.05, 4.69) is 83.1 Å². The summed E-state index contributed by atoms with van der Waals surface area (Å²) in [5.41, 5.74) is 0. The normalized spacial score (nSPS) is 15.4. The second kappa shape index (κ2) is 6.68. The van der Waals surface area contributed by atoms with E-state index in [1.165, 1.54) is 25.7 Å². The summed E-state index contributed by atoms with van der Waals surface area (Å²) in [6.45, 7) is 30.6. The Morgan fingerprint density at radius 2 is 0.571 bits per heavy atom. The van der Waals surface area contributed by atoms with Gasteiger partial charge in [-0.3, -0.25) is 0 Å². The molecule has 0 bridgehead atoms.